The van der Waals surface area contributed by atoms with Gasteiger partial charge in [0.05, 0.1) is 12.7 Å². The van der Waals surface area contributed by atoms with E-state index in [0.717, 1.165) is 4.90 Å². The van der Waals surface area contributed by atoms with Crippen molar-refractivity contribution >= 4 is 25.7 Å². The maximum atomic E-state index is 11.8. The highest BCUT2D eigenvalue weighted by atomic mass is 31.2. The second kappa shape index (κ2) is 6.39. The first-order chi connectivity index (χ1) is 10.6. The molecule has 2 heterocycles. The number of imide groups is 1. The van der Waals surface area contributed by atoms with E-state index in [1.165, 1.54) is 0 Å². The summed E-state index contributed by atoms with van der Waals surface area (Å²) in [4.78, 5) is 45.3. The molecule has 2 fully saturated rings. The van der Waals surface area contributed by atoms with Crippen LogP contribution in [0.2, 0.25) is 0 Å². The minimum Gasteiger partial charge on any atom is -0.390 e. The minimum atomic E-state index is -4.74. The molecule has 0 unspecified atom stereocenters. The van der Waals surface area contributed by atoms with E-state index in [1.54, 1.807) is 0 Å². The number of nitrogens with zero attached hydrogens (tertiary/aromatic N) is 2. The number of phosphoric acid groups is 1. The van der Waals surface area contributed by atoms with E-state index in [9.17, 15) is 19.3 Å². The Kier molecular flexibility index (Phi) is 4.89. The third kappa shape index (κ3) is 4.16. The molecule has 14 heteroatoms. The monoisotopic (exact) mass is 353 g/mol. The van der Waals surface area contributed by atoms with E-state index in [0.29, 0.717) is 0 Å². The molecule has 0 aliphatic carbocycles. The number of aliphatic hydroxyl groups is 1. The van der Waals surface area contributed by atoms with Crippen molar-refractivity contribution in [1.82, 2.24) is 10.2 Å². The van der Waals surface area contributed by atoms with Crippen LogP contribution in [-0.2, 0) is 18.6 Å². The van der Waals surface area contributed by atoms with Crippen molar-refractivity contribution < 1.29 is 38.3 Å². The van der Waals surface area contributed by atoms with Crippen molar-refractivity contribution in [2.75, 3.05) is 6.61 Å². The van der Waals surface area contributed by atoms with Gasteiger partial charge in [0.15, 0.2) is 5.96 Å². The molecule has 0 radical (unpaired) electrons. The molecule has 13 nitrogen and oxygen atoms in total. The molecule has 0 saturated carbocycles. The van der Waals surface area contributed by atoms with Gasteiger partial charge in [-0.25, -0.2) is 14.4 Å². The minimum absolute atomic E-state index is 0.119. The molecule has 2 rings (SSSR count). The molecule has 2 saturated heterocycles. The normalized spacial score (nSPS) is 31.3. The number of hydrogen-bond acceptors (Lipinski definition) is 7. The van der Waals surface area contributed by atoms with Gasteiger partial charge in [0.1, 0.15) is 12.3 Å². The first-order valence-corrected chi connectivity index (χ1v) is 7.87. The lowest BCUT2D eigenvalue weighted by atomic mass is 10.2. The van der Waals surface area contributed by atoms with Gasteiger partial charge in [-0.15, -0.1) is 0 Å². The van der Waals surface area contributed by atoms with Gasteiger partial charge in [-0.05, 0) is 0 Å². The summed E-state index contributed by atoms with van der Waals surface area (Å²) < 4.78 is 20.3. The average molecular weight is 353 g/mol. The Balaban J connectivity index is 2.09. The lowest BCUT2D eigenvalue weighted by Crippen LogP contribution is -2.44. The van der Waals surface area contributed by atoms with E-state index >= 15 is 0 Å². The number of guanidine groups is 1. The van der Waals surface area contributed by atoms with Crippen LogP contribution in [0, 0.1) is 0 Å². The summed E-state index contributed by atoms with van der Waals surface area (Å²) in [7, 11) is -4.74. The Morgan fingerprint density at radius 3 is 2.70 bits per heavy atom. The average Bonchev–Trinajstić information content (AvgIpc) is 2.87. The van der Waals surface area contributed by atoms with E-state index in [2.05, 4.69) is 9.52 Å². The largest absolute Gasteiger partial charge is 0.469 e. The van der Waals surface area contributed by atoms with Crippen molar-refractivity contribution in [2.45, 2.75) is 31.0 Å². The van der Waals surface area contributed by atoms with Crippen molar-refractivity contribution in [3.05, 3.63) is 0 Å². The van der Waals surface area contributed by atoms with Gasteiger partial charge < -0.3 is 31.1 Å². The van der Waals surface area contributed by atoms with E-state index in [4.69, 9.17) is 26.0 Å². The van der Waals surface area contributed by atoms with Gasteiger partial charge in [-0.3, -0.25) is 19.5 Å². The van der Waals surface area contributed by atoms with Crippen LogP contribution in [0.5, 0.6) is 0 Å². The molecular weight excluding hydrogens is 337 g/mol. The Morgan fingerprint density at radius 1 is 1.48 bits per heavy atom. The fourth-order valence-electron chi connectivity index (χ4n) is 2.23. The summed E-state index contributed by atoms with van der Waals surface area (Å²) in [5, 5.41) is 11.8. The molecule has 8 N–H and O–H groups in total. The standard InChI is InChI=1S/C9H16N5O8P/c10-8(11)12-6-7(16)13-9(17)14(6)5-1-3(15)4(22-5)2-21-23(18,19)20/h3-6,15H,1-2H2,(H4,10,11,12)(H,13,16,17)(H2,18,19,20)/t3-,4+,5+,6+/m0/s1. The molecule has 23 heavy (non-hydrogen) atoms. The number of hydrogen-bond donors (Lipinski definition) is 6. The third-order valence-corrected chi connectivity index (χ3v) is 3.64. The maximum Gasteiger partial charge on any atom is 0.469 e. The van der Waals surface area contributed by atoms with Gasteiger partial charge in [0, 0.05) is 6.42 Å². The molecule has 0 aromatic rings. The predicted molar refractivity (Wildman–Crippen MR) is 72.3 cm³/mol. The van der Waals surface area contributed by atoms with Crippen LogP contribution >= 0.6 is 7.82 Å². The third-order valence-electron chi connectivity index (χ3n) is 3.16. The van der Waals surface area contributed by atoms with Gasteiger partial charge in [0.25, 0.3) is 5.91 Å². The fourth-order valence-corrected chi connectivity index (χ4v) is 2.57. The smallest absolute Gasteiger partial charge is 0.390 e. The molecule has 3 amide bonds. The Bertz CT molecular complexity index is 574. The SMILES string of the molecule is NC(N)=N[C@H]1C(=O)NC(=O)N1[C@H]1C[C@H](O)[C@@H](COP(=O)(O)O)O1. The number of urea groups is 1. The molecule has 0 aromatic carbocycles. The van der Waals surface area contributed by atoms with Gasteiger partial charge in [-0.1, -0.05) is 0 Å². The topological polar surface area (TPSA) is 210 Å². The van der Waals surface area contributed by atoms with Crippen LogP contribution < -0.4 is 16.8 Å². The first kappa shape index (κ1) is 17.6. The zero-order valence-corrected chi connectivity index (χ0v) is 12.5. The maximum absolute atomic E-state index is 11.8. The highest BCUT2D eigenvalue weighted by molar-refractivity contribution is 7.46. The second-order valence-corrected chi connectivity index (χ2v) is 6.09. The highest BCUT2D eigenvalue weighted by Crippen LogP contribution is 2.37. The number of nitrogens with one attached hydrogen (secondary N) is 1. The molecule has 0 aromatic heterocycles. The number of aliphatic hydroxyl groups excluding tert-OH is 1. The molecule has 2 aliphatic rings. The number of phosphoric ester groups is 1. The van der Waals surface area contributed by atoms with Crippen molar-refractivity contribution in [2.24, 2.45) is 16.5 Å². The summed E-state index contributed by atoms with van der Waals surface area (Å²) in [6.07, 6.45) is -4.82. The molecule has 0 bridgehead atoms. The fraction of sp³-hybridized carbons (Fsp3) is 0.667. The number of amides is 3. The lowest BCUT2D eigenvalue weighted by Gasteiger charge is -2.25. The number of carbonyl (C=O) groups is 2. The van der Waals surface area contributed by atoms with Gasteiger partial charge in [-0.2, -0.15) is 0 Å². The zero-order valence-electron chi connectivity index (χ0n) is 11.6. The number of aliphatic imine (C=N–C) groups is 1. The summed E-state index contributed by atoms with van der Waals surface area (Å²) in [6.45, 7) is -0.599. The van der Waals surface area contributed by atoms with Crippen LogP contribution in [0.4, 0.5) is 4.79 Å². The molecule has 130 valence electrons. The molecule has 2 aliphatic heterocycles. The van der Waals surface area contributed by atoms with Crippen LogP contribution in [0.25, 0.3) is 0 Å². The number of rotatable bonds is 5. The summed E-state index contributed by atoms with van der Waals surface area (Å²) in [5.74, 6) is -1.19. The van der Waals surface area contributed by atoms with Crippen LogP contribution in [0.1, 0.15) is 6.42 Å². The van der Waals surface area contributed by atoms with Gasteiger partial charge >= 0.3 is 13.9 Å². The van der Waals surface area contributed by atoms with Crippen molar-refractivity contribution in [1.29, 1.82) is 0 Å². The quantitative estimate of drug-likeness (QED) is 0.126. The number of carbonyl (C=O) groups excluding carboxylic acids is 2. The molecular formula is C9H16N5O8P. The Labute approximate surface area is 129 Å². The summed E-state index contributed by atoms with van der Waals surface area (Å²) >= 11 is 0. The van der Waals surface area contributed by atoms with E-state index in [-0.39, 0.29) is 6.42 Å². The summed E-state index contributed by atoms with van der Waals surface area (Å²) in [5.41, 5.74) is 10.4. The predicted octanol–water partition coefficient (Wildman–Crippen LogP) is -3.28. The first-order valence-electron chi connectivity index (χ1n) is 6.34. The van der Waals surface area contributed by atoms with E-state index < -0.39 is 56.9 Å². The number of ether oxygens (including phenoxy) is 1. The van der Waals surface area contributed by atoms with Crippen molar-refractivity contribution in [3.63, 3.8) is 0 Å². The lowest BCUT2D eigenvalue weighted by molar-refractivity contribution is -0.124. The second-order valence-electron chi connectivity index (χ2n) is 4.85. The van der Waals surface area contributed by atoms with E-state index in [1.807, 2.05) is 5.32 Å². The van der Waals surface area contributed by atoms with Crippen LogP contribution in [0.15, 0.2) is 4.99 Å². The molecule has 0 spiro atoms. The zero-order chi connectivity index (χ0) is 17.4. The molecule has 4 atom stereocenters. The Morgan fingerprint density at radius 2 is 2.13 bits per heavy atom. The summed E-state index contributed by atoms with van der Waals surface area (Å²) in [6, 6.07) is -0.821. The van der Waals surface area contributed by atoms with Crippen molar-refractivity contribution in [3.8, 4) is 0 Å². The van der Waals surface area contributed by atoms with Gasteiger partial charge in [0.2, 0.25) is 6.17 Å². The van der Waals surface area contributed by atoms with Crippen LogP contribution in [0.3, 0.4) is 0 Å². The Hall–Kier alpha value is -1.76. The number of nitrogens with two attached hydrogens (primary N) is 2. The highest BCUT2D eigenvalue weighted by Gasteiger charge is 2.48. The van der Waals surface area contributed by atoms with Crippen LogP contribution in [-0.4, -0.2) is 68.9 Å².